The maximum atomic E-state index is 8.79. The van der Waals surface area contributed by atoms with Gasteiger partial charge in [0.15, 0.2) is 0 Å². The summed E-state index contributed by atoms with van der Waals surface area (Å²) in [6.45, 7) is 9.73. The molecule has 0 amide bonds. The Balaban J connectivity index is 1.92. The summed E-state index contributed by atoms with van der Waals surface area (Å²) in [7, 11) is 0. The van der Waals surface area contributed by atoms with E-state index in [1.54, 1.807) is 12.3 Å². The lowest BCUT2D eigenvalue weighted by atomic mass is 9.98. The molecular weight excluding hydrogens is 380 g/mol. The highest BCUT2D eigenvalue weighted by Gasteiger charge is 2.25. The topological polar surface area (TPSA) is 127 Å². The average Bonchev–Trinajstić information content (AvgIpc) is 3.12. The van der Waals surface area contributed by atoms with E-state index in [-0.39, 0.29) is 24.0 Å². The Labute approximate surface area is 177 Å². The maximum Gasteiger partial charge on any atom is 0.131 e. The molecule has 5 N–H and O–H groups in total. The van der Waals surface area contributed by atoms with Crippen molar-refractivity contribution < 1.29 is 9.26 Å². The van der Waals surface area contributed by atoms with Crippen LogP contribution in [-0.2, 0) is 4.74 Å². The molecule has 8 heteroatoms. The quantitative estimate of drug-likeness (QED) is 0.382. The third kappa shape index (κ3) is 4.77. The van der Waals surface area contributed by atoms with Gasteiger partial charge in [0.25, 0.3) is 0 Å². The molecule has 1 fully saturated rings. The molecule has 1 saturated heterocycles. The summed E-state index contributed by atoms with van der Waals surface area (Å²) < 4.78 is 10.9. The number of hydrogen-bond acceptors (Lipinski definition) is 7. The summed E-state index contributed by atoms with van der Waals surface area (Å²) >= 11 is 0. The van der Waals surface area contributed by atoms with Crippen LogP contribution in [-0.4, -0.2) is 53.4 Å². The first-order chi connectivity index (χ1) is 14.3. The highest BCUT2D eigenvalue weighted by Crippen LogP contribution is 2.28. The highest BCUT2D eigenvalue weighted by molar-refractivity contribution is 6.14. The molecule has 0 radical (unpaired) electrons. The van der Waals surface area contributed by atoms with Crippen molar-refractivity contribution in [2.24, 2.45) is 10.7 Å². The van der Waals surface area contributed by atoms with E-state index in [0.717, 1.165) is 29.9 Å². The van der Waals surface area contributed by atoms with Gasteiger partial charge in [-0.2, -0.15) is 0 Å². The minimum absolute atomic E-state index is 0.0579. The Morgan fingerprint density at radius 1 is 1.33 bits per heavy atom. The largest absolute Gasteiger partial charge is 0.398 e. The van der Waals surface area contributed by atoms with Crippen LogP contribution in [0.15, 0.2) is 45.8 Å². The molecule has 2 heterocycles. The number of ether oxygens (including phenoxy) is 1. The summed E-state index contributed by atoms with van der Waals surface area (Å²) in [6.07, 6.45) is 5.07. The Morgan fingerprint density at radius 3 is 2.63 bits per heavy atom. The minimum Gasteiger partial charge on any atom is -0.398 e. The molecule has 0 spiro atoms. The summed E-state index contributed by atoms with van der Waals surface area (Å²) in [5, 5.41) is 12.7. The second kappa shape index (κ2) is 9.23. The maximum absolute atomic E-state index is 8.79. The standard InChI is InChI=1S/C22H30N6O2/c1-13(28-9-14(2)30-15(3)10-28)7-21(26-12-23)22(25)18-8-17(5-6-20(18)24)19-11-29-27-16(19)4/h5-8,11-15,25H,9-10,24H2,1-4H3,(H2,23,26)/b21-7-,25-22?. The van der Waals surface area contributed by atoms with Gasteiger partial charge in [-0.1, -0.05) is 11.2 Å². The van der Waals surface area contributed by atoms with E-state index in [0.29, 0.717) is 16.9 Å². The molecule has 1 aromatic heterocycles. The minimum atomic E-state index is 0.0579. The van der Waals surface area contributed by atoms with Gasteiger partial charge in [0, 0.05) is 35.9 Å². The Bertz CT molecular complexity index is 954. The highest BCUT2D eigenvalue weighted by atomic mass is 16.5. The van der Waals surface area contributed by atoms with Crippen molar-refractivity contribution >= 4 is 17.7 Å². The van der Waals surface area contributed by atoms with Crippen molar-refractivity contribution in [1.29, 1.82) is 5.41 Å². The number of aromatic nitrogens is 1. The van der Waals surface area contributed by atoms with Gasteiger partial charge in [0.1, 0.15) is 6.26 Å². The number of rotatable bonds is 6. The number of aliphatic imine (C=N–C) groups is 1. The Kier molecular flexibility index (Phi) is 6.69. The zero-order chi connectivity index (χ0) is 21.8. The van der Waals surface area contributed by atoms with Gasteiger partial charge in [0.05, 0.1) is 35.6 Å². The number of morpholine rings is 1. The van der Waals surface area contributed by atoms with Crippen LogP contribution >= 0.6 is 0 Å². The lowest BCUT2D eigenvalue weighted by molar-refractivity contribution is -0.0736. The van der Waals surface area contributed by atoms with Crippen molar-refractivity contribution in [2.75, 3.05) is 18.8 Å². The zero-order valence-electron chi connectivity index (χ0n) is 17.9. The smallest absolute Gasteiger partial charge is 0.131 e. The van der Waals surface area contributed by atoms with Gasteiger partial charge in [0.2, 0.25) is 0 Å². The number of nitrogens with zero attached hydrogens (tertiary/aromatic N) is 3. The number of anilines is 1. The van der Waals surface area contributed by atoms with Gasteiger partial charge in [-0.3, -0.25) is 10.3 Å². The monoisotopic (exact) mass is 410 g/mol. The van der Waals surface area contributed by atoms with E-state index in [9.17, 15) is 0 Å². The fourth-order valence-corrected chi connectivity index (χ4v) is 3.80. The SMILES string of the molecule is Cc1nocc1-c1ccc(N)c(C(=N)/C(=C/C(C)N2CC(C)OC(C)C2)N=CN)c1. The third-order valence-corrected chi connectivity index (χ3v) is 5.28. The average molecular weight is 411 g/mol. The fraction of sp³-hybridized carbons (Fsp3) is 0.409. The van der Waals surface area contributed by atoms with Crippen molar-refractivity contribution in [2.45, 2.75) is 45.9 Å². The van der Waals surface area contributed by atoms with Gasteiger partial charge in [-0.25, -0.2) is 4.99 Å². The van der Waals surface area contributed by atoms with Crippen LogP contribution in [0, 0.1) is 12.3 Å². The Morgan fingerprint density at radius 2 is 2.03 bits per heavy atom. The fourth-order valence-electron chi connectivity index (χ4n) is 3.80. The number of hydrogen-bond donors (Lipinski definition) is 3. The van der Waals surface area contributed by atoms with E-state index in [1.807, 2.05) is 25.1 Å². The molecular formula is C22H30N6O2. The molecule has 30 heavy (non-hydrogen) atoms. The summed E-state index contributed by atoms with van der Waals surface area (Å²) in [4.78, 5) is 6.59. The molecule has 3 atom stereocenters. The van der Waals surface area contributed by atoms with Crippen LogP contribution < -0.4 is 11.5 Å². The molecule has 3 rings (SSSR count). The number of nitrogens with two attached hydrogens (primary N) is 2. The molecule has 1 aliphatic heterocycles. The molecule has 0 saturated carbocycles. The third-order valence-electron chi connectivity index (χ3n) is 5.28. The number of nitrogen functional groups attached to an aromatic ring is 1. The van der Waals surface area contributed by atoms with Gasteiger partial charge < -0.3 is 20.7 Å². The van der Waals surface area contributed by atoms with Crippen molar-refractivity contribution in [3.8, 4) is 11.1 Å². The summed E-state index contributed by atoms with van der Waals surface area (Å²) in [6, 6.07) is 5.59. The van der Waals surface area contributed by atoms with Gasteiger partial charge in [-0.05, 0) is 51.5 Å². The van der Waals surface area contributed by atoms with Gasteiger partial charge >= 0.3 is 0 Å². The van der Waals surface area contributed by atoms with Crippen LogP contribution in [0.25, 0.3) is 11.1 Å². The van der Waals surface area contributed by atoms with E-state index in [1.165, 1.54) is 6.34 Å². The van der Waals surface area contributed by atoms with Crippen molar-refractivity contribution in [1.82, 2.24) is 10.1 Å². The molecule has 8 nitrogen and oxygen atoms in total. The van der Waals surface area contributed by atoms with Crippen LogP contribution in [0.2, 0.25) is 0 Å². The lowest BCUT2D eigenvalue weighted by Gasteiger charge is -2.38. The number of nitrogens with one attached hydrogen (secondary N) is 1. The molecule has 3 unspecified atom stereocenters. The van der Waals surface area contributed by atoms with E-state index in [4.69, 9.17) is 26.1 Å². The summed E-state index contributed by atoms with van der Waals surface area (Å²) in [5.41, 5.74) is 16.1. The van der Waals surface area contributed by atoms with Gasteiger partial charge in [-0.15, -0.1) is 0 Å². The van der Waals surface area contributed by atoms with Crippen LogP contribution in [0.5, 0.6) is 0 Å². The molecule has 1 aromatic carbocycles. The molecule has 1 aliphatic rings. The molecule has 0 bridgehead atoms. The van der Waals surface area contributed by atoms with Crippen LogP contribution in [0.1, 0.15) is 32.0 Å². The van der Waals surface area contributed by atoms with E-state index < -0.39 is 0 Å². The van der Waals surface area contributed by atoms with E-state index in [2.05, 4.69) is 35.8 Å². The Hall–Kier alpha value is -2.97. The predicted molar refractivity (Wildman–Crippen MR) is 120 cm³/mol. The molecule has 160 valence electrons. The second-order valence-electron chi connectivity index (χ2n) is 7.77. The molecule has 0 aliphatic carbocycles. The van der Waals surface area contributed by atoms with Crippen LogP contribution in [0.3, 0.4) is 0 Å². The molecule has 2 aromatic rings. The predicted octanol–water partition coefficient (Wildman–Crippen LogP) is 2.97. The number of allylic oxidation sites excluding steroid dienone is 1. The zero-order valence-corrected chi connectivity index (χ0v) is 17.9. The van der Waals surface area contributed by atoms with E-state index >= 15 is 0 Å². The van der Waals surface area contributed by atoms with Crippen molar-refractivity contribution in [3.05, 3.63) is 47.5 Å². The summed E-state index contributed by atoms with van der Waals surface area (Å²) in [5.74, 6) is 0. The van der Waals surface area contributed by atoms with Crippen molar-refractivity contribution in [3.63, 3.8) is 0 Å². The normalized spacial score (nSPS) is 21.8. The van der Waals surface area contributed by atoms with Crippen LogP contribution in [0.4, 0.5) is 5.69 Å². The number of benzene rings is 1. The number of aryl methyl sites for hydroxylation is 1. The lowest BCUT2D eigenvalue weighted by Crippen LogP contribution is -2.48. The first kappa shape index (κ1) is 21.7. The second-order valence-corrected chi connectivity index (χ2v) is 7.77. The first-order valence-electron chi connectivity index (χ1n) is 10.1. The first-order valence-corrected chi connectivity index (χ1v) is 10.1.